The fourth-order valence-electron chi connectivity index (χ4n) is 0.715. The van der Waals surface area contributed by atoms with Gasteiger partial charge in [0, 0.05) is 5.56 Å². The molecule has 0 aliphatic rings. The number of hydrogen-bond acceptors (Lipinski definition) is 2. The molecular formula is C8H9NaO2. The Kier molecular flexibility index (Phi) is 5.42. The topological polar surface area (TPSA) is 37.3 Å². The van der Waals surface area contributed by atoms with Gasteiger partial charge in [0.1, 0.15) is 6.61 Å². The molecule has 1 N–H and O–H groups in total. The molecule has 54 valence electrons. The van der Waals surface area contributed by atoms with E-state index in [0.29, 0.717) is 5.56 Å². The molecule has 3 heteroatoms. The van der Waals surface area contributed by atoms with Gasteiger partial charge in [-0.3, -0.25) is 4.79 Å². The van der Waals surface area contributed by atoms with Gasteiger partial charge in [-0.15, -0.1) is 0 Å². The van der Waals surface area contributed by atoms with E-state index in [2.05, 4.69) is 0 Å². The van der Waals surface area contributed by atoms with Crippen LogP contribution in [0.1, 0.15) is 10.4 Å². The molecule has 0 heterocycles. The average Bonchev–Trinajstić information content (AvgIpc) is 2.05. The molecule has 0 radical (unpaired) electrons. The number of carbonyl (C=O) groups is 1. The van der Waals surface area contributed by atoms with Crippen molar-refractivity contribution in [3.8, 4) is 0 Å². The molecule has 0 aliphatic heterocycles. The maximum absolute atomic E-state index is 10.8. The monoisotopic (exact) mass is 160 g/mol. The molecule has 0 unspecified atom stereocenters. The number of aliphatic hydroxyl groups is 1. The van der Waals surface area contributed by atoms with Crippen LogP contribution in [-0.2, 0) is 0 Å². The quantitative estimate of drug-likeness (QED) is 0.496. The molecule has 0 atom stereocenters. The van der Waals surface area contributed by atoms with E-state index in [0.717, 1.165) is 0 Å². The van der Waals surface area contributed by atoms with Crippen molar-refractivity contribution < 1.29 is 9.90 Å². The number of rotatable bonds is 2. The Morgan fingerprint density at radius 3 is 2.27 bits per heavy atom. The average molecular weight is 160 g/mol. The van der Waals surface area contributed by atoms with Gasteiger partial charge < -0.3 is 5.11 Å². The number of Topliss-reactive ketones (excluding diaryl/α,β-unsaturated/α-hetero) is 1. The first-order valence-electron chi connectivity index (χ1n) is 3.03. The second-order valence-electron chi connectivity index (χ2n) is 1.95. The van der Waals surface area contributed by atoms with E-state index >= 15 is 0 Å². The second-order valence-corrected chi connectivity index (χ2v) is 1.95. The van der Waals surface area contributed by atoms with Crippen molar-refractivity contribution in [2.75, 3.05) is 6.61 Å². The van der Waals surface area contributed by atoms with Crippen molar-refractivity contribution in [2.45, 2.75) is 0 Å². The standard InChI is InChI=1S/C8H8O2.Na.H/c9-6-8(10)7-4-2-1-3-5-7;;/h1-5,9H,6H2;;. The molecule has 0 amide bonds. The zero-order chi connectivity index (χ0) is 7.40. The van der Waals surface area contributed by atoms with Crippen LogP contribution in [0.3, 0.4) is 0 Å². The van der Waals surface area contributed by atoms with E-state index in [1.807, 2.05) is 6.07 Å². The van der Waals surface area contributed by atoms with E-state index in [1.54, 1.807) is 24.3 Å². The fourth-order valence-corrected chi connectivity index (χ4v) is 0.715. The first kappa shape index (κ1) is 10.8. The van der Waals surface area contributed by atoms with E-state index in [1.165, 1.54) is 0 Å². The molecular weight excluding hydrogens is 151 g/mol. The normalized spacial score (nSPS) is 8.45. The molecule has 0 saturated carbocycles. The molecule has 2 nitrogen and oxygen atoms in total. The summed E-state index contributed by atoms with van der Waals surface area (Å²) in [4.78, 5) is 10.8. The molecule has 1 aromatic rings. The molecule has 0 spiro atoms. The van der Waals surface area contributed by atoms with Crippen LogP contribution in [-0.4, -0.2) is 47.1 Å². The maximum atomic E-state index is 10.8. The predicted molar refractivity (Wildman–Crippen MR) is 45.0 cm³/mol. The van der Waals surface area contributed by atoms with Gasteiger partial charge in [0.15, 0.2) is 5.78 Å². The number of ketones is 1. The molecule has 11 heavy (non-hydrogen) atoms. The Hall–Kier alpha value is -0.150. The molecule has 0 saturated heterocycles. The Labute approximate surface area is 87.5 Å². The van der Waals surface area contributed by atoms with Crippen LogP contribution in [0.5, 0.6) is 0 Å². The van der Waals surface area contributed by atoms with Gasteiger partial charge in [0.2, 0.25) is 0 Å². The number of carbonyl (C=O) groups excluding carboxylic acids is 1. The van der Waals surface area contributed by atoms with Gasteiger partial charge >= 0.3 is 29.6 Å². The summed E-state index contributed by atoms with van der Waals surface area (Å²) in [5.41, 5.74) is 0.560. The van der Waals surface area contributed by atoms with E-state index in [9.17, 15) is 4.79 Å². The van der Waals surface area contributed by atoms with E-state index in [-0.39, 0.29) is 35.3 Å². The van der Waals surface area contributed by atoms with Crippen molar-refractivity contribution >= 4 is 35.3 Å². The first-order valence-corrected chi connectivity index (χ1v) is 3.03. The third-order valence-corrected chi connectivity index (χ3v) is 1.24. The SMILES string of the molecule is O=C(CO)c1ccccc1.[NaH]. The molecule has 0 aliphatic carbocycles. The van der Waals surface area contributed by atoms with Crippen LogP contribution in [0.4, 0.5) is 0 Å². The molecule has 1 rings (SSSR count). The summed E-state index contributed by atoms with van der Waals surface area (Å²) in [5, 5.41) is 8.44. The molecule has 1 aromatic carbocycles. The summed E-state index contributed by atoms with van der Waals surface area (Å²) < 4.78 is 0. The van der Waals surface area contributed by atoms with Crippen molar-refractivity contribution in [3.05, 3.63) is 35.9 Å². The third kappa shape index (κ3) is 3.16. The Bertz CT molecular complexity index is 221. The van der Waals surface area contributed by atoms with Gasteiger partial charge in [0.25, 0.3) is 0 Å². The number of aliphatic hydroxyl groups excluding tert-OH is 1. The van der Waals surface area contributed by atoms with Gasteiger partial charge in [-0.1, -0.05) is 30.3 Å². The zero-order valence-corrected chi connectivity index (χ0v) is 5.45. The van der Waals surface area contributed by atoms with Crippen LogP contribution in [0.15, 0.2) is 30.3 Å². The van der Waals surface area contributed by atoms with E-state index < -0.39 is 6.61 Å². The minimum absolute atomic E-state index is 0. The van der Waals surface area contributed by atoms with Crippen LogP contribution in [0, 0.1) is 0 Å². The van der Waals surface area contributed by atoms with Gasteiger partial charge in [0.05, 0.1) is 0 Å². The summed E-state index contributed by atoms with van der Waals surface area (Å²) in [5.74, 6) is -0.236. The van der Waals surface area contributed by atoms with E-state index in [4.69, 9.17) is 5.11 Å². The van der Waals surface area contributed by atoms with Crippen molar-refractivity contribution in [2.24, 2.45) is 0 Å². The van der Waals surface area contributed by atoms with Crippen LogP contribution in [0.2, 0.25) is 0 Å². The fraction of sp³-hybridized carbons (Fsp3) is 0.125. The summed E-state index contributed by atoms with van der Waals surface area (Å²) in [6.07, 6.45) is 0. The second kappa shape index (κ2) is 5.49. The summed E-state index contributed by atoms with van der Waals surface area (Å²) >= 11 is 0. The van der Waals surface area contributed by atoms with Gasteiger partial charge in [-0.2, -0.15) is 0 Å². The Morgan fingerprint density at radius 1 is 1.27 bits per heavy atom. The first-order chi connectivity index (χ1) is 4.84. The summed E-state index contributed by atoms with van der Waals surface area (Å²) in [6, 6.07) is 8.72. The zero-order valence-electron chi connectivity index (χ0n) is 5.45. The van der Waals surface area contributed by atoms with Crippen LogP contribution in [0.25, 0.3) is 0 Å². The number of hydrogen-bond donors (Lipinski definition) is 1. The molecule has 0 aromatic heterocycles. The minimum atomic E-state index is -0.413. The molecule has 0 fully saturated rings. The summed E-state index contributed by atoms with van der Waals surface area (Å²) in [7, 11) is 0. The van der Waals surface area contributed by atoms with Crippen molar-refractivity contribution in [1.29, 1.82) is 0 Å². The Morgan fingerprint density at radius 2 is 1.82 bits per heavy atom. The predicted octanol–water partition coefficient (Wildman–Crippen LogP) is 0.213. The molecule has 0 bridgehead atoms. The van der Waals surface area contributed by atoms with Gasteiger partial charge in [-0.05, 0) is 0 Å². The van der Waals surface area contributed by atoms with Crippen LogP contribution < -0.4 is 0 Å². The van der Waals surface area contributed by atoms with Crippen molar-refractivity contribution in [1.82, 2.24) is 0 Å². The Balaban J connectivity index is 0.000001000. The van der Waals surface area contributed by atoms with Gasteiger partial charge in [-0.25, -0.2) is 0 Å². The third-order valence-electron chi connectivity index (χ3n) is 1.24. The summed E-state index contributed by atoms with van der Waals surface area (Å²) in [6.45, 7) is -0.413. The van der Waals surface area contributed by atoms with Crippen LogP contribution >= 0.6 is 0 Å². The number of benzene rings is 1. The van der Waals surface area contributed by atoms with Crippen molar-refractivity contribution in [3.63, 3.8) is 0 Å².